The van der Waals surface area contributed by atoms with Crippen molar-refractivity contribution < 1.29 is 19.4 Å². The molecule has 150 valence electrons. The molecule has 2 aromatic carbocycles. The van der Waals surface area contributed by atoms with E-state index in [2.05, 4.69) is 0 Å². The van der Waals surface area contributed by atoms with Gasteiger partial charge in [-0.25, -0.2) is 4.79 Å². The number of carboxylic acid groups (broad SMARTS) is 1. The van der Waals surface area contributed by atoms with E-state index in [9.17, 15) is 14.7 Å². The van der Waals surface area contributed by atoms with Gasteiger partial charge in [-0.05, 0) is 47.9 Å². The Morgan fingerprint density at radius 3 is 2.48 bits per heavy atom. The van der Waals surface area contributed by atoms with Crippen LogP contribution in [0.5, 0.6) is 5.75 Å². The molecule has 0 saturated carbocycles. The zero-order chi connectivity index (χ0) is 21.0. The summed E-state index contributed by atoms with van der Waals surface area (Å²) in [5.74, 6) is -0.744. The monoisotopic (exact) mass is 447 g/mol. The van der Waals surface area contributed by atoms with E-state index in [1.165, 1.54) is 4.90 Å². The molecule has 0 radical (unpaired) electrons. The van der Waals surface area contributed by atoms with Crippen molar-refractivity contribution in [2.75, 3.05) is 0 Å². The zero-order valence-corrected chi connectivity index (χ0v) is 17.9. The van der Waals surface area contributed by atoms with Crippen LogP contribution in [0.25, 0.3) is 6.08 Å². The molecule has 3 rings (SSSR count). The number of hydrogen-bond donors (Lipinski definition) is 1. The molecular weight excluding hydrogens is 430 g/mol. The van der Waals surface area contributed by atoms with Crippen LogP contribution in [-0.4, -0.2) is 32.2 Å². The Labute approximate surface area is 183 Å². The van der Waals surface area contributed by atoms with E-state index in [0.717, 1.165) is 22.9 Å². The molecule has 1 amide bonds. The lowest BCUT2D eigenvalue weighted by molar-refractivity contribution is -0.145. The van der Waals surface area contributed by atoms with Crippen molar-refractivity contribution in [3.05, 3.63) is 69.6 Å². The maximum Gasteiger partial charge on any atom is 0.326 e. The second-order valence-corrected chi connectivity index (χ2v) is 8.41. The Balaban J connectivity index is 1.67. The van der Waals surface area contributed by atoms with Gasteiger partial charge in [-0.3, -0.25) is 9.69 Å². The average Bonchev–Trinajstić information content (AvgIpc) is 2.97. The van der Waals surface area contributed by atoms with Gasteiger partial charge < -0.3 is 9.84 Å². The molecule has 29 heavy (non-hydrogen) atoms. The minimum Gasteiger partial charge on any atom is -0.489 e. The third-order valence-electron chi connectivity index (χ3n) is 4.30. The van der Waals surface area contributed by atoms with Crippen LogP contribution in [0.3, 0.4) is 0 Å². The zero-order valence-electron chi connectivity index (χ0n) is 15.5. The molecule has 5 nitrogen and oxygen atoms in total. The summed E-state index contributed by atoms with van der Waals surface area (Å²) in [6, 6.07) is 13.8. The van der Waals surface area contributed by atoms with E-state index in [1.807, 2.05) is 48.5 Å². The van der Waals surface area contributed by atoms with E-state index in [4.69, 9.17) is 28.6 Å². The van der Waals surface area contributed by atoms with Crippen molar-refractivity contribution >= 4 is 57.9 Å². The molecular formula is C21H18ClNO4S2. The third kappa shape index (κ3) is 5.18. The first kappa shape index (κ1) is 21.4. The van der Waals surface area contributed by atoms with Crippen LogP contribution in [0.4, 0.5) is 0 Å². The molecule has 1 aliphatic heterocycles. The Bertz CT molecular complexity index is 958. The quantitative estimate of drug-likeness (QED) is 0.476. The SMILES string of the molecule is CCC(C(=O)O)N1C(=O)/C(=C\c2ccc(OCc3ccc(Cl)cc3)cc2)SC1=S. The first-order chi connectivity index (χ1) is 13.9. The molecule has 1 fully saturated rings. The smallest absolute Gasteiger partial charge is 0.326 e. The maximum absolute atomic E-state index is 12.6. The third-order valence-corrected chi connectivity index (χ3v) is 5.89. The van der Waals surface area contributed by atoms with Crippen LogP contribution in [-0.2, 0) is 16.2 Å². The fraction of sp³-hybridized carbons (Fsp3) is 0.190. The number of amides is 1. The highest BCUT2D eigenvalue weighted by Gasteiger charge is 2.39. The normalized spacial score (nSPS) is 16.3. The Morgan fingerprint density at radius 1 is 1.24 bits per heavy atom. The van der Waals surface area contributed by atoms with Gasteiger partial charge in [-0.2, -0.15) is 0 Å². The van der Waals surface area contributed by atoms with Gasteiger partial charge in [-0.15, -0.1) is 0 Å². The molecule has 0 aliphatic carbocycles. The van der Waals surface area contributed by atoms with Crippen LogP contribution < -0.4 is 4.74 Å². The summed E-state index contributed by atoms with van der Waals surface area (Å²) < 4.78 is 6.02. The fourth-order valence-electron chi connectivity index (χ4n) is 2.78. The van der Waals surface area contributed by atoms with Gasteiger partial charge in [0.05, 0.1) is 4.91 Å². The second kappa shape index (κ2) is 9.43. The molecule has 1 aliphatic rings. The van der Waals surface area contributed by atoms with Gasteiger partial charge in [0.25, 0.3) is 5.91 Å². The summed E-state index contributed by atoms with van der Waals surface area (Å²) in [6.07, 6.45) is 1.99. The van der Waals surface area contributed by atoms with E-state index in [1.54, 1.807) is 13.0 Å². The number of carboxylic acids is 1. The summed E-state index contributed by atoms with van der Waals surface area (Å²) in [5.41, 5.74) is 1.80. The Morgan fingerprint density at radius 2 is 1.90 bits per heavy atom. The molecule has 0 aromatic heterocycles. The number of rotatable bonds is 7. The van der Waals surface area contributed by atoms with Crippen molar-refractivity contribution in [3.8, 4) is 5.75 Å². The molecule has 1 atom stereocenters. The number of halogens is 1. The summed E-state index contributed by atoms with van der Waals surface area (Å²) in [7, 11) is 0. The summed E-state index contributed by atoms with van der Waals surface area (Å²) in [4.78, 5) is 25.6. The average molecular weight is 448 g/mol. The summed E-state index contributed by atoms with van der Waals surface area (Å²) in [6.45, 7) is 2.13. The van der Waals surface area contributed by atoms with Gasteiger partial charge >= 0.3 is 5.97 Å². The lowest BCUT2D eigenvalue weighted by Crippen LogP contribution is -2.43. The predicted molar refractivity (Wildman–Crippen MR) is 119 cm³/mol. The number of hydrogen-bond acceptors (Lipinski definition) is 5. The fourth-order valence-corrected chi connectivity index (χ4v) is 4.26. The van der Waals surface area contributed by atoms with Gasteiger partial charge in [0.2, 0.25) is 0 Å². The Hall–Kier alpha value is -2.35. The highest BCUT2D eigenvalue weighted by Crippen LogP contribution is 2.34. The van der Waals surface area contributed by atoms with Gasteiger partial charge in [0.1, 0.15) is 22.7 Å². The Kier molecular flexibility index (Phi) is 6.95. The second-order valence-electron chi connectivity index (χ2n) is 6.30. The molecule has 0 bridgehead atoms. The van der Waals surface area contributed by atoms with E-state index in [-0.39, 0.29) is 16.6 Å². The van der Waals surface area contributed by atoms with E-state index < -0.39 is 12.0 Å². The minimum absolute atomic E-state index is 0.262. The van der Waals surface area contributed by atoms with Crippen LogP contribution in [0.1, 0.15) is 24.5 Å². The molecule has 2 aromatic rings. The highest BCUT2D eigenvalue weighted by atomic mass is 35.5. The first-order valence-corrected chi connectivity index (χ1v) is 10.5. The number of carbonyl (C=O) groups is 2. The lowest BCUT2D eigenvalue weighted by Gasteiger charge is -2.21. The van der Waals surface area contributed by atoms with E-state index in [0.29, 0.717) is 22.3 Å². The standard InChI is InChI=1S/C21H18ClNO4S2/c1-2-17(20(25)26)23-19(24)18(29-21(23)28)11-13-5-9-16(10-6-13)27-12-14-3-7-15(22)8-4-14/h3-11,17H,2,12H2,1H3,(H,25,26)/b18-11+. The van der Waals surface area contributed by atoms with Crippen LogP contribution in [0.2, 0.25) is 5.02 Å². The minimum atomic E-state index is -1.06. The molecule has 1 heterocycles. The number of carbonyl (C=O) groups excluding carboxylic acids is 1. The van der Waals surface area contributed by atoms with Gasteiger partial charge in [0, 0.05) is 5.02 Å². The summed E-state index contributed by atoms with van der Waals surface area (Å²) in [5, 5.41) is 10.00. The van der Waals surface area contributed by atoms with E-state index >= 15 is 0 Å². The largest absolute Gasteiger partial charge is 0.489 e. The first-order valence-electron chi connectivity index (χ1n) is 8.86. The van der Waals surface area contributed by atoms with Crippen LogP contribution in [0.15, 0.2) is 53.4 Å². The van der Waals surface area contributed by atoms with Gasteiger partial charge in [-0.1, -0.05) is 66.8 Å². The van der Waals surface area contributed by atoms with Gasteiger partial charge in [0.15, 0.2) is 0 Å². The van der Waals surface area contributed by atoms with Crippen molar-refractivity contribution in [2.45, 2.75) is 26.0 Å². The van der Waals surface area contributed by atoms with Crippen molar-refractivity contribution in [1.29, 1.82) is 0 Å². The lowest BCUT2D eigenvalue weighted by atomic mass is 10.1. The molecule has 1 N–H and O–H groups in total. The number of thiocarbonyl (C=S) groups is 1. The van der Waals surface area contributed by atoms with Crippen molar-refractivity contribution in [2.24, 2.45) is 0 Å². The number of nitrogens with zero attached hydrogens (tertiary/aromatic N) is 1. The molecule has 1 saturated heterocycles. The number of benzene rings is 2. The molecule has 1 unspecified atom stereocenters. The van der Waals surface area contributed by atoms with Crippen LogP contribution in [0, 0.1) is 0 Å². The number of thioether (sulfide) groups is 1. The van der Waals surface area contributed by atoms with Crippen molar-refractivity contribution in [3.63, 3.8) is 0 Å². The van der Waals surface area contributed by atoms with Crippen LogP contribution >= 0.6 is 35.6 Å². The maximum atomic E-state index is 12.6. The topological polar surface area (TPSA) is 66.8 Å². The number of aliphatic carboxylic acids is 1. The molecule has 0 spiro atoms. The predicted octanol–water partition coefficient (Wildman–Crippen LogP) is 4.98. The molecule has 8 heteroatoms. The summed E-state index contributed by atoms with van der Waals surface area (Å²) >= 11 is 12.2. The van der Waals surface area contributed by atoms with Crippen molar-refractivity contribution in [1.82, 2.24) is 4.90 Å². The highest BCUT2D eigenvalue weighted by molar-refractivity contribution is 8.26. The number of ether oxygens (including phenoxy) is 1.